The van der Waals surface area contributed by atoms with E-state index in [4.69, 9.17) is 4.74 Å². The van der Waals surface area contributed by atoms with Crippen molar-refractivity contribution in [2.75, 3.05) is 6.61 Å². The molecule has 2 rings (SSSR count). The van der Waals surface area contributed by atoms with Crippen LogP contribution in [-0.4, -0.2) is 18.7 Å². The summed E-state index contributed by atoms with van der Waals surface area (Å²) in [4.78, 5) is 11.6. The fraction of sp³-hybridized carbons (Fsp3) is 0.200. The van der Waals surface area contributed by atoms with Crippen molar-refractivity contribution in [1.82, 2.24) is 5.43 Å². The van der Waals surface area contributed by atoms with Gasteiger partial charge in [-0.1, -0.05) is 61.9 Å². The Labute approximate surface area is 142 Å². The SMILES string of the molecule is CCCc1ccc(OCC(=O)N/N=C\C=C\c2ccccc2)cc1. The minimum Gasteiger partial charge on any atom is -0.484 e. The van der Waals surface area contributed by atoms with Crippen LogP contribution in [0, 0.1) is 0 Å². The molecule has 0 spiro atoms. The van der Waals surface area contributed by atoms with Gasteiger partial charge in [0.05, 0.1) is 0 Å². The van der Waals surface area contributed by atoms with Crippen molar-refractivity contribution in [3.05, 3.63) is 71.8 Å². The summed E-state index contributed by atoms with van der Waals surface area (Å²) in [5, 5.41) is 3.85. The fourth-order valence-corrected chi connectivity index (χ4v) is 2.09. The number of nitrogens with one attached hydrogen (secondary N) is 1. The molecule has 0 fully saturated rings. The maximum absolute atomic E-state index is 11.6. The van der Waals surface area contributed by atoms with E-state index in [9.17, 15) is 4.79 Å². The number of hydrogen-bond acceptors (Lipinski definition) is 3. The highest BCUT2D eigenvalue weighted by Crippen LogP contribution is 2.13. The fourth-order valence-electron chi connectivity index (χ4n) is 2.09. The monoisotopic (exact) mass is 322 g/mol. The van der Waals surface area contributed by atoms with Crippen LogP contribution in [0.4, 0.5) is 0 Å². The largest absolute Gasteiger partial charge is 0.484 e. The third-order valence-electron chi connectivity index (χ3n) is 3.27. The van der Waals surface area contributed by atoms with Gasteiger partial charge in [-0.25, -0.2) is 5.43 Å². The lowest BCUT2D eigenvalue weighted by Crippen LogP contribution is -2.24. The molecule has 0 unspecified atom stereocenters. The van der Waals surface area contributed by atoms with Gasteiger partial charge in [-0.15, -0.1) is 0 Å². The predicted molar refractivity (Wildman–Crippen MR) is 98.0 cm³/mol. The molecule has 0 bridgehead atoms. The summed E-state index contributed by atoms with van der Waals surface area (Å²) in [5.74, 6) is 0.384. The Morgan fingerprint density at radius 1 is 1.12 bits per heavy atom. The predicted octanol–water partition coefficient (Wildman–Crippen LogP) is 3.83. The number of allylic oxidation sites excluding steroid dienone is 1. The number of ether oxygens (including phenoxy) is 1. The summed E-state index contributed by atoms with van der Waals surface area (Å²) in [7, 11) is 0. The minimum absolute atomic E-state index is 0.0626. The normalized spacial score (nSPS) is 11.0. The van der Waals surface area contributed by atoms with Crippen molar-refractivity contribution in [1.29, 1.82) is 0 Å². The maximum atomic E-state index is 11.6. The van der Waals surface area contributed by atoms with Gasteiger partial charge in [0, 0.05) is 6.21 Å². The first-order valence-corrected chi connectivity index (χ1v) is 8.03. The van der Waals surface area contributed by atoms with E-state index < -0.39 is 0 Å². The summed E-state index contributed by atoms with van der Waals surface area (Å²) in [5.41, 5.74) is 4.77. The third kappa shape index (κ3) is 6.48. The van der Waals surface area contributed by atoms with Gasteiger partial charge in [0.1, 0.15) is 5.75 Å². The van der Waals surface area contributed by atoms with E-state index in [1.54, 1.807) is 6.08 Å². The summed E-state index contributed by atoms with van der Waals surface area (Å²) in [6, 6.07) is 17.7. The molecule has 124 valence electrons. The van der Waals surface area contributed by atoms with E-state index in [0.717, 1.165) is 18.4 Å². The molecule has 1 amide bonds. The van der Waals surface area contributed by atoms with Crippen molar-refractivity contribution < 1.29 is 9.53 Å². The topological polar surface area (TPSA) is 50.7 Å². The number of amides is 1. The Morgan fingerprint density at radius 2 is 1.88 bits per heavy atom. The molecular weight excluding hydrogens is 300 g/mol. The molecule has 0 aliphatic carbocycles. The van der Waals surface area contributed by atoms with Gasteiger partial charge in [0.2, 0.25) is 0 Å². The Bertz CT molecular complexity index is 677. The van der Waals surface area contributed by atoms with Crippen LogP contribution in [0.5, 0.6) is 5.75 Å². The average molecular weight is 322 g/mol. The van der Waals surface area contributed by atoms with E-state index in [1.807, 2.05) is 60.7 Å². The molecule has 0 aromatic heterocycles. The number of hydrazone groups is 1. The van der Waals surface area contributed by atoms with Crippen LogP contribution in [-0.2, 0) is 11.2 Å². The van der Waals surface area contributed by atoms with Crippen LogP contribution >= 0.6 is 0 Å². The second kappa shape index (κ2) is 10.0. The number of rotatable bonds is 8. The molecule has 0 aliphatic heterocycles. The summed E-state index contributed by atoms with van der Waals surface area (Å²) < 4.78 is 5.42. The minimum atomic E-state index is -0.294. The second-order valence-electron chi connectivity index (χ2n) is 5.27. The Kier molecular flexibility index (Phi) is 7.28. The molecule has 2 aromatic carbocycles. The number of aryl methyl sites for hydroxylation is 1. The lowest BCUT2D eigenvalue weighted by atomic mass is 10.1. The van der Waals surface area contributed by atoms with Crippen molar-refractivity contribution in [2.24, 2.45) is 5.10 Å². The molecule has 0 radical (unpaired) electrons. The first-order chi connectivity index (χ1) is 11.8. The molecule has 4 nitrogen and oxygen atoms in total. The zero-order chi connectivity index (χ0) is 17.0. The van der Waals surface area contributed by atoms with E-state index >= 15 is 0 Å². The Balaban J connectivity index is 1.69. The Hall–Kier alpha value is -2.88. The summed E-state index contributed by atoms with van der Waals surface area (Å²) in [6.45, 7) is 2.08. The first kappa shape index (κ1) is 17.5. The maximum Gasteiger partial charge on any atom is 0.277 e. The number of hydrogen-bond donors (Lipinski definition) is 1. The van der Waals surface area contributed by atoms with Crippen LogP contribution in [0.3, 0.4) is 0 Å². The summed E-state index contributed by atoms with van der Waals surface area (Å²) in [6.07, 6.45) is 7.36. The zero-order valence-electron chi connectivity index (χ0n) is 13.8. The van der Waals surface area contributed by atoms with Gasteiger partial charge in [-0.2, -0.15) is 5.10 Å². The highest BCUT2D eigenvalue weighted by molar-refractivity contribution is 5.81. The van der Waals surface area contributed by atoms with Gasteiger partial charge in [-0.3, -0.25) is 4.79 Å². The van der Waals surface area contributed by atoms with Crippen LogP contribution in [0.1, 0.15) is 24.5 Å². The molecule has 0 saturated carbocycles. The molecule has 0 heterocycles. The molecular formula is C20H22N2O2. The van der Waals surface area contributed by atoms with Crippen LogP contribution < -0.4 is 10.2 Å². The average Bonchev–Trinajstić information content (AvgIpc) is 2.62. The molecule has 1 N–H and O–H groups in total. The standard InChI is InChI=1S/C20H22N2O2/c1-2-7-17-11-13-19(14-12-17)24-16-20(23)22-21-15-6-10-18-8-4-3-5-9-18/h3-6,8-15H,2,7,16H2,1H3,(H,22,23)/b10-6+,21-15-. The summed E-state index contributed by atoms with van der Waals surface area (Å²) >= 11 is 0. The highest BCUT2D eigenvalue weighted by atomic mass is 16.5. The van der Waals surface area contributed by atoms with Crippen LogP contribution in [0.2, 0.25) is 0 Å². The Morgan fingerprint density at radius 3 is 2.58 bits per heavy atom. The lowest BCUT2D eigenvalue weighted by molar-refractivity contribution is -0.123. The molecule has 0 aliphatic rings. The second-order valence-corrected chi connectivity index (χ2v) is 5.27. The van der Waals surface area contributed by atoms with Crippen LogP contribution in [0.25, 0.3) is 6.08 Å². The molecule has 0 saturated heterocycles. The first-order valence-electron chi connectivity index (χ1n) is 8.03. The van der Waals surface area contributed by atoms with Gasteiger partial charge in [0.25, 0.3) is 5.91 Å². The van der Waals surface area contributed by atoms with E-state index in [1.165, 1.54) is 11.8 Å². The molecule has 4 heteroatoms. The molecule has 24 heavy (non-hydrogen) atoms. The molecule has 0 atom stereocenters. The molecule has 2 aromatic rings. The van der Waals surface area contributed by atoms with Gasteiger partial charge < -0.3 is 4.74 Å². The third-order valence-corrected chi connectivity index (χ3v) is 3.27. The lowest BCUT2D eigenvalue weighted by Gasteiger charge is -2.05. The van der Waals surface area contributed by atoms with E-state index in [-0.39, 0.29) is 12.5 Å². The van der Waals surface area contributed by atoms with Gasteiger partial charge >= 0.3 is 0 Å². The van der Waals surface area contributed by atoms with Crippen molar-refractivity contribution in [3.8, 4) is 5.75 Å². The van der Waals surface area contributed by atoms with E-state index in [0.29, 0.717) is 5.75 Å². The number of nitrogens with zero attached hydrogens (tertiary/aromatic N) is 1. The quantitative estimate of drug-likeness (QED) is 0.593. The van der Waals surface area contributed by atoms with Crippen molar-refractivity contribution in [2.45, 2.75) is 19.8 Å². The van der Waals surface area contributed by atoms with Gasteiger partial charge in [-0.05, 0) is 35.8 Å². The zero-order valence-corrected chi connectivity index (χ0v) is 13.8. The number of benzene rings is 2. The van der Waals surface area contributed by atoms with Crippen molar-refractivity contribution in [3.63, 3.8) is 0 Å². The van der Waals surface area contributed by atoms with E-state index in [2.05, 4.69) is 17.5 Å². The number of carbonyl (C=O) groups excluding carboxylic acids is 1. The van der Waals surface area contributed by atoms with Crippen molar-refractivity contribution >= 4 is 18.2 Å². The highest BCUT2D eigenvalue weighted by Gasteiger charge is 2.01. The van der Waals surface area contributed by atoms with Gasteiger partial charge in [0.15, 0.2) is 6.61 Å². The number of carbonyl (C=O) groups is 1. The van der Waals surface area contributed by atoms with Crippen LogP contribution in [0.15, 0.2) is 65.8 Å². The smallest absolute Gasteiger partial charge is 0.277 e.